The van der Waals surface area contributed by atoms with Crippen molar-refractivity contribution in [2.45, 2.75) is 39.2 Å². The number of rotatable bonds is 7. The number of nitrogens with one attached hydrogen (secondary N) is 1. The van der Waals surface area contributed by atoms with Gasteiger partial charge in [0.1, 0.15) is 0 Å². The van der Waals surface area contributed by atoms with Crippen LogP contribution in [0, 0.1) is 5.92 Å². The summed E-state index contributed by atoms with van der Waals surface area (Å²) in [6.07, 6.45) is 3.96. The number of piperidine rings is 1. The number of likely N-dealkylation sites (N-methyl/N-ethyl adjacent to an activating group) is 1. The van der Waals surface area contributed by atoms with Crippen molar-refractivity contribution in [3.63, 3.8) is 0 Å². The second kappa shape index (κ2) is 8.06. The molecule has 102 valence electrons. The lowest BCUT2D eigenvalue weighted by atomic mass is 10.0. The highest BCUT2D eigenvalue weighted by molar-refractivity contribution is 4.77. The van der Waals surface area contributed by atoms with Crippen LogP contribution in [0.4, 0.5) is 0 Å². The second-order valence-electron chi connectivity index (χ2n) is 6.06. The minimum Gasteiger partial charge on any atom is -0.314 e. The van der Waals surface area contributed by atoms with E-state index in [0.29, 0.717) is 0 Å². The van der Waals surface area contributed by atoms with Crippen molar-refractivity contribution < 1.29 is 0 Å². The van der Waals surface area contributed by atoms with Gasteiger partial charge in [-0.05, 0) is 58.9 Å². The van der Waals surface area contributed by atoms with Gasteiger partial charge in [-0.3, -0.25) is 0 Å². The predicted molar refractivity (Wildman–Crippen MR) is 75.5 cm³/mol. The van der Waals surface area contributed by atoms with Gasteiger partial charge in [0.25, 0.3) is 0 Å². The van der Waals surface area contributed by atoms with Gasteiger partial charge < -0.3 is 15.1 Å². The molecule has 1 rings (SSSR count). The van der Waals surface area contributed by atoms with E-state index in [-0.39, 0.29) is 0 Å². The molecule has 0 radical (unpaired) electrons. The SMILES string of the molecule is CC(C)CCNC1CCN(CCN(C)C)CC1. The average Bonchev–Trinajstić information content (AvgIpc) is 2.27. The van der Waals surface area contributed by atoms with Crippen molar-refractivity contribution in [3.8, 4) is 0 Å². The maximum absolute atomic E-state index is 3.70. The first-order valence-electron chi connectivity index (χ1n) is 7.18. The maximum atomic E-state index is 3.70. The van der Waals surface area contributed by atoms with Gasteiger partial charge in [-0.2, -0.15) is 0 Å². The quantitative estimate of drug-likeness (QED) is 0.731. The molecule has 0 unspecified atom stereocenters. The van der Waals surface area contributed by atoms with Gasteiger partial charge >= 0.3 is 0 Å². The van der Waals surface area contributed by atoms with Crippen LogP contribution in [0.1, 0.15) is 33.1 Å². The average molecular weight is 241 g/mol. The molecule has 1 heterocycles. The molecule has 3 nitrogen and oxygen atoms in total. The van der Waals surface area contributed by atoms with Gasteiger partial charge in [0.05, 0.1) is 0 Å². The Morgan fingerprint density at radius 2 is 1.88 bits per heavy atom. The Labute approximate surface area is 108 Å². The molecule has 3 heteroatoms. The van der Waals surface area contributed by atoms with Crippen LogP contribution in [0.25, 0.3) is 0 Å². The molecule has 0 amide bonds. The lowest BCUT2D eigenvalue weighted by Gasteiger charge is -2.33. The third-order valence-electron chi connectivity index (χ3n) is 3.61. The summed E-state index contributed by atoms with van der Waals surface area (Å²) in [6, 6.07) is 0.768. The molecule has 0 bridgehead atoms. The van der Waals surface area contributed by atoms with E-state index in [2.05, 4.69) is 43.1 Å². The van der Waals surface area contributed by atoms with Gasteiger partial charge in [-0.25, -0.2) is 0 Å². The molecular weight excluding hydrogens is 210 g/mol. The van der Waals surface area contributed by atoms with Gasteiger partial charge in [0, 0.05) is 19.1 Å². The van der Waals surface area contributed by atoms with Crippen molar-refractivity contribution in [3.05, 3.63) is 0 Å². The summed E-state index contributed by atoms with van der Waals surface area (Å²) < 4.78 is 0. The molecule has 1 fully saturated rings. The Hall–Kier alpha value is -0.120. The normalized spacial score (nSPS) is 19.4. The van der Waals surface area contributed by atoms with Gasteiger partial charge in [-0.15, -0.1) is 0 Å². The summed E-state index contributed by atoms with van der Waals surface area (Å²) in [5.41, 5.74) is 0. The Balaban J connectivity index is 2.05. The van der Waals surface area contributed by atoms with E-state index in [1.807, 2.05) is 0 Å². The first-order chi connectivity index (χ1) is 8.08. The van der Waals surface area contributed by atoms with E-state index in [9.17, 15) is 0 Å². The molecule has 0 saturated carbocycles. The fourth-order valence-electron chi connectivity index (χ4n) is 2.28. The minimum absolute atomic E-state index is 0.768. The van der Waals surface area contributed by atoms with Crippen LogP contribution in [0.2, 0.25) is 0 Å². The largest absolute Gasteiger partial charge is 0.314 e. The van der Waals surface area contributed by atoms with Crippen LogP contribution in [0.3, 0.4) is 0 Å². The second-order valence-corrected chi connectivity index (χ2v) is 6.06. The molecule has 1 aliphatic heterocycles. The molecule has 0 aromatic carbocycles. The van der Waals surface area contributed by atoms with Crippen LogP contribution in [-0.4, -0.2) is 62.7 Å². The monoisotopic (exact) mass is 241 g/mol. The van der Waals surface area contributed by atoms with E-state index >= 15 is 0 Å². The smallest absolute Gasteiger partial charge is 0.0109 e. The zero-order valence-electron chi connectivity index (χ0n) is 12.2. The van der Waals surface area contributed by atoms with Gasteiger partial charge in [-0.1, -0.05) is 13.8 Å². The molecule has 0 aromatic heterocycles. The molecule has 0 aromatic rings. The van der Waals surface area contributed by atoms with Crippen LogP contribution in [-0.2, 0) is 0 Å². The van der Waals surface area contributed by atoms with Crippen LogP contribution >= 0.6 is 0 Å². The molecule has 1 saturated heterocycles. The Kier molecular flexibility index (Phi) is 7.09. The summed E-state index contributed by atoms with van der Waals surface area (Å²) in [4.78, 5) is 4.87. The van der Waals surface area contributed by atoms with Crippen molar-refractivity contribution in [1.29, 1.82) is 0 Å². The topological polar surface area (TPSA) is 18.5 Å². The highest BCUT2D eigenvalue weighted by Crippen LogP contribution is 2.10. The van der Waals surface area contributed by atoms with Gasteiger partial charge in [0.2, 0.25) is 0 Å². The van der Waals surface area contributed by atoms with E-state index in [1.165, 1.54) is 52.0 Å². The zero-order chi connectivity index (χ0) is 12.7. The fraction of sp³-hybridized carbons (Fsp3) is 1.00. The van der Waals surface area contributed by atoms with Crippen molar-refractivity contribution in [2.75, 3.05) is 46.8 Å². The van der Waals surface area contributed by atoms with Crippen LogP contribution < -0.4 is 5.32 Å². The summed E-state index contributed by atoms with van der Waals surface area (Å²) in [7, 11) is 4.31. The van der Waals surface area contributed by atoms with Crippen LogP contribution in [0.15, 0.2) is 0 Å². The lowest BCUT2D eigenvalue weighted by Crippen LogP contribution is -2.44. The summed E-state index contributed by atoms with van der Waals surface area (Å²) in [6.45, 7) is 10.7. The first-order valence-corrected chi connectivity index (χ1v) is 7.18. The summed E-state index contributed by atoms with van der Waals surface area (Å²) in [5.74, 6) is 0.822. The van der Waals surface area contributed by atoms with Crippen LogP contribution in [0.5, 0.6) is 0 Å². The van der Waals surface area contributed by atoms with Crippen molar-refractivity contribution in [2.24, 2.45) is 5.92 Å². The molecule has 17 heavy (non-hydrogen) atoms. The molecule has 1 N–H and O–H groups in total. The Bertz CT molecular complexity index is 184. The highest BCUT2D eigenvalue weighted by Gasteiger charge is 2.18. The van der Waals surface area contributed by atoms with Gasteiger partial charge in [0.15, 0.2) is 0 Å². The molecule has 0 atom stereocenters. The molecule has 0 aliphatic carbocycles. The maximum Gasteiger partial charge on any atom is 0.0109 e. The fourth-order valence-corrected chi connectivity index (χ4v) is 2.28. The summed E-state index contributed by atoms with van der Waals surface area (Å²) >= 11 is 0. The number of hydrogen-bond acceptors (Lipinski definition) is 3. The van der Waals surface area contributed by atoms with E-state index < -0.39 is 0 Å². The van der Waals surface area contributed by atoms with Crippen molar-refractivity contribution >= 4 is 0 Å². The standard InChI is InChI=1S/C14H31N3/c1-13(2)5-8-15-14-6-9-17(10-7-14)12-11-16(3)4/h13-15H,5-12H2,1-4H3. The third-order valence-corrected chi connectivity index (χ3v) is 3.61. The highest BCUT2D eigenvalue weighted by atomic mass is 15.2. The Morgan fingerprint density at radius 1 is 1.24 bits per heavy atom. The minimum atomic E-state index is 0.768. The van der Waals surface area contributed by atoms with E-state index in [0.717, 1.165) is 12.0 Å². The molecule has 0 spiro atoms. The molecule has 1 aliphatic rings. The Morgan fingerprint density at radius 3 is 2.41 bits per heavy atom. The molecular formula is C14H31N3. The lowest BCUT2D eigenvalue weighted by molar-refractivity contribution is 0.182. The third kappa shape index (κ3) is 7.02. The zero-order valence-corrected chi connectivity index (χ0v) is 12.2. The predicted octanol–water partition coefficient (Wildman–Crippen LogP) is 1.65. The number of nitrogens with zero attached hydrogens (tertiary/aromatic N) is 2. The number of likely N-dealkylation sites (tertiary alicyclic amines) is 1. The van der Waals surface area contributed by atoms with Crippen molar-refractivity contribution in [1.82, 2.24) is 15.1 Å². The van der Waals surface area contributed by atoms with E-state index in [4.69, 9.17) is 0 Å². The first kappa shape index (κ1) is 14.9. The van der Waals surface area contributed by atoms with E-state index in [1.54, 1.807) is 0 Å². The number of hydrogen-bond donors (Lipinski definition) is 1. The summed E-state index contributed by atoms with van der Waals surface area (Å²) in [5, 5.41) is 3.70.